The maximum absolute atomic E-state index is 12.2. The van der Waals surface area contributed by atoms with Crippen LogP contribution in [0.15, 0.2) is 15.5 Å². The Morgan fingerprint density at radius 1 is 1.52 bits per heavy atom. The van der Waals surface area contributed by atoms with E-state index in [0.717, 1.165) is 0 Å². The highest BCUT2D eigenvalue weighted by atomic mass is 16.4. The number of aryl methyl sites for hydroxylation is 2. The van der Waals surface area contributed by atoms with Crippen LogP contribution in [0.25, 0.3) is 11.1 Å². The number of carboxylic acid groups (broad SMARTS) is 1. The highest BCUT2D eigenvalue weighted by Gasteiger charge is 2.23. The molecule has 1 amide bonds. The lowest BCUT2D eigenvalue weighted by Crippen LogP contribution is -2.32. The van der Waals surface area contributed by atoms with Crippen LogP contribution in [0.1, 0.15) is 23.0 Å². The molecule has 0 saturated carbocycles. The topological polar surface area (TPSA) is 114 Å². The van der Waals surface area contributed by atoms with E-state index in [-0.39, 0.29) is 29.0 Å². The van der Waals surface area contributed by atoms with Crippen LogP contribution in [0.4, 0.5) is 0 Å². The van der Waals surface area contributed by atoms with Crippen LogP contribution in [0, 0.1) is 12.8 Å². The van der Waals surface area contributed by atoms with Crippen molar-refractivity contribution < 1.29 is 19.1 Å². The van der Waals surface area contributed by atoms with Crippen molar-refractivity contribution in [3.05, 3.63) is 28.0 Å². The highest BCUT2D eigenvalue weighted by Crippen LogP contribution is 2.20. The fourth-order valence-corrected chi connectivity index (χ4v) is 1.88. The Labute approximate surface area is 119 Å². The molecule has 0 bridgehead atoms. The number of hydrogen-bond donors (Lipinski definition) is 2. The summed E-state index contributed by atoms with van der Waals surface area (Å²) in [6, 6.07) is 0. The van der Waals surface area contributed by atoms with Crippen molar-refractivity contribution >= 4 is 23.0 Å². The van der Waals surface area contributed by atoms with Gasteiger partial charge in [-0.3, -0.25) is 14.4 Å². The van der Waals surface area contributed by atoms with Crippen LogP contribution >= 0.6 is 0 Å². The Kier molecular flexibility index (Phi) is 3.79. The first kappa shape index (κ1) is 14.8. The van der Waals surface area contributed by atoms with Gasteiger partial charge in [-0.15, -0.1) is 0 Å². The molecule has 0 aliphatic heterocycles. The third-order valence-corrected chi connectivity index (χ3v) is 3.17. The molecule has 2 heterocycles. The molecule has 0 aromatic carbocycles. The van der Waals surface area contributed by atoms with E-state index in [0.29, 0.717) is 0 Å². The monoisotopic (exact) mass is 293 g/mol. The summed E-state index contributed by atoms with van der Waals surface area (Å²) >= 11 is 0. The zero-order valence-electron chi connectivity index (χ0n) is 11.8. The van der Waals surface area contributed by atoms with E-state index in [1.807, 2.05) is 0 Å². The van der Waals surface area contributed by atoms with Crippen LogP contribution in [0.3, 0.4) is 0 Å². The molecule has 2 aromatic heterocycles. The normalized spacial score (nSPS) is 12.3. The lowest BCUT2D eigenvalue weighted by atomic mass is 10.1. The predicted octanol–water partition coefficient (Wildman–Crippen LogP) is 0.285. The summed E-state index contributed by atoms with van der Waals surface area (Å²) in [7, 11) is 1.52. The first-order valence-corrected chi connectivity index (χ1v) is 6.28. The number of amides is 1. The average Bonchev–Trinajstić information content (AvgIpc) is 2.77. The Morgan fingerprint density at radius 3 is 2.81 bits per heavy atom. The van der Waals surface area contributed by atoms with E-state index in [1.165, 1.54) is 24.9 Å². The second kappa shape index (κ2) is 5.39. The molecular weight excluding hydrogens is 278 g/mol. The molecule has 2 aromatic rings. The summed E-state index contributed by atoms with van der Waals surface area (Å²) in [4.78, 5) is 39.0. The molecule has 0 spiro atoms. The number of carbonyl (C=O) groups excluding carboxylic acids is 1. The second-order valence-corrected chi connectivity index (χ2v) is 4.82. The third kappa shape index (κ3) is 2.64. The minimum atomic E-state index is -1.01. The molecule has 21 heavy (non-hydrogen) atoms. The van der Waals surface area contributed by atoms with E-state index >= 15 is 0 Å². The molecule has 8 heteroatoms. The maximum Gasteiger partial charge on any atom is 0.308 e. The van der Waals surface area contributed by atoms with E-state index in [1.54, 1.807) is 6.92 Å². The van der Waals surface area contributed by atoms with Gasteiger partial charge in [0.25, 0.3) is 11.5 Å². The Balaban J connectivity index is 2.40. The summed E-state index contributed by atoms with van der Waals surface area (Å²) in [5, 5.41) is 11.4. The van der Waals surface area contributed by atoms with E-state index in [4.69, 9.17) is 9.52 Å². The van der Waals surface area contributed by atoms with Crippen molar-refractivity contribution in [3.63, 3.8) is 0 Å². The third-order valence-electron chi connectivity index (χ3n) is 3.17. The number of carboxylic acids is 1. The van der Waals surface area contributed by atoms with Gasteiger partial charge in [-0.2, -0.15) is 0 Å². The standard InChI is InChI=1S/C13H15N3O5/c1-6(13(19)20)4-14-10(17)8-7(2)21-11-9(8)12(18)16(3)5-15-11/h5-6H,4H2,1-3H3,(H,14,17)(H,19,20). The number of nitrogens with one attached hydrogen (secondary N) is 1. The van der Waals surface area contributed by atoms with Gasteiger partial charge in [0.2, 0.25) is 5.71 Å². The van der Waals surface area contributed by atoms with Crippen molar-refractivity contribution in [1.29, 1.82) is 0 Å². The number of rotatable bonds is 4. The van der Waals surface area contributed by atoms with Crippen molar-refractivity contribution in [2.24, 2.45) is 13.0 Å². The SMILES string of the molecule is Cc1oc2ncn(C)c(=O)c2c1C(=O)NCC(C)C(=O)O. The van der Waals surface area contributed by atoms with Crippen molar-refractivity contribution in [2.45, 2.75) is 13.8 Å². The quantitative estimate of drug-likeness (QED) is 0.837. The molecule has 1 atom stereocenters. The van der Waals surface area contributed by atoms with Gasteiger partial charge in [0.1, 0.15) is 17.5 Å². The lowest BCUT2D eigenvalue weighted by Gasteiger charge is -2.08. The van der Waals surface area contributed by atoms with Crippen LogP contribution in [0.2, 0.25) is 0 Å². The molecule has 0 aliphatic carbocycles. The minimum Gasteiger partial charge on any atom is -0.481 e. The van der Waals surface area contributed by atoms with Gasteiger partial charge < -0.3 is 19.4 Å². The number of carbonyl (C=O) groups is 2. The number of furan rings is 1. The van der Waals surface area contributed by atoms with Crippen LogP contribution in [0.5, 0.6) is 0 Å². The van der Waals surface area contributed by atoms with Crippen LogP contribution in [-0.4, -0.2) is 33.1 Å². The molecular formula is C13H15N3O5. The van der Waals surface area contributed by atoms with Gasteiger partial charge in [-0.05, 0) is 6.92 Å². The molecule has 8 nitrogen and oxygen atoms in total. The molecule has 0 aliphatic rings. The summed E-state index contributed by atoms with van der Waals surface area (Å²) < 4.78 is 6.55. The largest absolute Gasteiger partial charge is 0.481 e. The number of hydrogen-bond acceptors (Lipinski definition) is 5. The van der Waals surface area contributed by atoms with Gasteiger partial charge in [0.05, 0.1) is 11.5 Å². The first-order chi connectivity index (χ1) is 9.82. The zero-order chi connectivity index (χ0) is 15.7. The summed E-state index contributed by atoms with van der Waals surface area (Å²) in [6.45, 7) is 2.99. The molecule has 112 valence electrons. The predicted molar refractivity (Wildman–Crippen MR) is 73.1 cm³/mol. The van der Waals surface area contributed by atoms with E-state index in [9.17, 15) is 14.4 Å². The highest BCUT2D eigenvalue weighted by molar-refractivity contribution is 6.06. The number of aromatic nitrogens is 2. The number of aliphatic carboxylic acids is 1. The van der Waals surface area contributed by atoms with Crippen LogP contribution in [-0.2, 0) is 11.8 Å². The minimum absolute atomic E-state index is 0.0408. The van der Waals surface area contributed by atoms with Crippen LogP contribution < -0.4 is 10.9 Å². The van der Waals surface area contributed by atoms with Crippen molar-refractivity contribution in [3.8, 4) is 0 Å². The Bertz CT molecular complexity index is 774. The van der Waals surface area contributed by atoms with E-state index < -0.39 is 23.4 Å². The lowest BCUT2D eigenvalue weighted by molar-refractivity contribution is -0.140. The second-order valence-electron chi connectivity index (χ2n) is 4.82. The summed E-state index contributed by atoms with van der Waals surface area (Å²) in [6.07, 6.45) is 1.31. The van der Waals surface area contributed by atoms with Crippen molar-refractivity contribution in [1.82, 2.24) is 14.9 Å². The summed E-state index contributed by atoms with van der Waals surface area (Å²) in [5.41, 5.74) is -0.211. The molecule has 2 N–H and O–H groups in total. The average molecular weight is 293 g/mol. The van der Waals surface area contributed by atoms with Gasteiger partial charge in [-0.25, -0.2) is 4.98 Å². The van der Waals surface area contributed by atoms with Gasteiger partial charge in [-0.1, -0.05) is 6.92 Å². The van der Waals surface area contributed by atoms with Gasteiger partial charge in [0.15, 0.2) is 0 Å². The molecule has 0 radical (unpaired) electrons. The molecule has 0 saturated heterocycles. The zero-order valence-corrected chi connectivity index (χ0v) is 11.8. The van der Waals surface area contributed by atoms with Crippen molar-refractivity contribution in [2.75, 3.05) is 6.54 Å². The summed E-state index contributed by atoms with van der Waals surface area (Å²) in [5.74, 6) is -2.03. The molecule has 0 fully saturated rings. The molecule has 1 unspecified atom stereocenters. The smallest absolute Gasteiger partial charge is 0.308 e. The Hall–Kier alpha value is -2.64. The first-order valence-electron chi connectivity index (χ1n) is 6.28. The maximum atomic E-state index is 12.2. The fraction of sp³-hybridized carbons (Fsp3) is 0.385. The fourth-order valence-electron chi connectivity index (χ4n) is 1.88. The van der Waals surface area contributed by atoms with E-state index in [2.05, 4.69) is 10.3 Å². The number of nitrogens with zero attached hydrogens (tertiary/aromatic N) is 2. The molecule has 2 rings (SSSR count). The van der Waals surface area contributed by atoms with Gasteiger partial charge >= 0.3 is 5.97 Å². The number of fused-ring (bicyclic) bond motifs is 1. The Morgan fingerprint density at radius 2 is 2.19 bits per heavy atom. The van der Waals surface area contributed by atoms with Gasteiger partial charge in [0, 0.05) is 13.6 Å².